The van der Waals surface area contributed by atoms with Crippen molar-refractivity contribution in [2.75, 3.05) is 18.9 Å². The number of anilines is 1. The molecule has 0 aliphatic heterocycles. The lowest BCUT2D eigenvalue weighted by molar-refractivity contribution is -0.117. The molecular formula is C21H22ClN3OS. The number of aromatic nitrogens is 1. The first kappa shape index (κ1) is 19.5. The van der Waals surface area contributed by atoms with Gasteiger partial charge in [-0.3, -0.25) is 9.69 Å². The van der Waals surface area contributed by atoms with Gasteiger partial charge in [0.2, 0.25) is 5.91 Å². The summed E-state index contributed by atoms with van der Waals surface area (Å²) in [6.07, 6.45) is 2.65. The number of nitrogens with one attached hydrogen (secondary N) is 1. The number of hydrogen-bond acceptors (Lipinski definition) is 4. The molecule has 0 radical (unpaired) electrons. The molecule has 27 heavy (non-hydrogen) atoms. The molecule has 0 spiro atoms. The third-order valence-electron chi connectivity index (χ3n) is 4.07. The van der Waals surface area contributed by atoms with E-state index in [1.807, 2.05) is 42.4 Å². The second-order valence-corrected chi connectivity index (χ2v) is 8.13. The Bertz CT molecular complexity index is 925. The fraction of sp³-hybridized carbons (Fsp3) is 0.238. The molecule has 1 aromatic heterocycles. The van der Waals surface area contributed by atoms with Crippen LogP contribution in [0.15, 0.2) is 54.7 Å². The van der Waals surface area contributed by atoms with Crippen LogP contribution in [0.1, 0.15) is 21.6 Å². The van der Waals surface area contributed by atoms with Crippen molar-refractivity contribution >= 4 is 34.0 Å². The molecule has 0 saturated heterocycles. The van der Waals surface area contributed by atoms with Crippen LogP contribution < -0.4 is 5.32 Å². The van der Waals surface area contributed by atoms with Crippen molar-refractivity contribution in [2.45, 2.75) is 19.9 Å². The van der Waals surface area contributed by atoms with Crippen molar-refractivity contribution in [3.05, 3.63) is 81.3 Å². The summed E-state index contributed by atoms with van der Waals surface area (Å²) in [5.41, 5.74) is 3.49. The third kappa shape index (κ3) is 5.89. The molecule has 0 unspecified atom stereocenters. The van der Waals surface area contributed by atoms with Gasteiger partial charge in [0, 0.05) is 29.1 Å². The van der Waals surface area contributed by atoms with Gasteiger partial charge in [-0.2, -0.15) is 0 Å². The van der Waals surface area contributed by atoms with E-state index in [4.69, 9.17) is 11.6 Å². The fourth-order valence-electron chi connectivity index (χ4n) is 2.85. The van der Waals surface area contributed by atoms with E-state index in [0.717, 1.165) is 16.9 Å². The molecule has 0 fully saturated rings. The molecule has 4 nitrogen and oxygen atoms in total. The first-order valence-electron chi connectivity index (χ1n) is 8.71. The summed E-state index contributed by atoms with van der Waals surface area (Å²) in [6, 6.07) is 16.1. The van der Waals surface area contributed by atoms with E-state index in [1.54, 1.807) is 0 Å². The standard InChI is InChI=1S/C21H22ClN3OS/c1-15-6-5-7-16(10-15)11-18-12-23-21(27-18)24-20(26)14-25(2)13-17-8-3-4-9-19(17)22/h3-10,12H,11,13-14H2,1-2H3,(H,23,24,26). The Kier molecular flexibility index (Phi) is 6.61. The van der Waals surface area contributed by atoms with E-state index in [0.29, 0.717) is 16.7 Å². The normalized spacial score (nSPS) is 11.0. The number of amides is 1. The van der Waals surface area contributed by atoms with Crippen LogP contribution >= 0.6 is 22.9 Å². The number of thiazole rings is 1. The minimum atomic E-state index is -0.0824. The lowest BCUT2D eigenvalue weighted by atomic mass is 10.1. The van der Waals surface area contributed by atoms with Gasteiger partial charge in [-0.05, 0) is 31.2 Å². The maximum atomic E-state index is 12.3. The summed E-state index contributed by atoms with van der Waals surface area (Å²) in [6.45, 7) is 2.97. The van der Waals surface area contributed by atoms with Crippen molar-refractivity contribution in [1.82, 2.24) is 9.88 Å². The average Bonchev–Trinajstić information content (AvgIpc) is 3.03. The van der Waals surface area contributed by atoms with Crippen LogP contribution in [0.2, 0.25) is 5.02 Å². The van der Waals surface area contributed by atoms with Gasteiger partial charge in [-0.1, -0.05) is 59.6 Å². The Morgan fingerprint density at radius 1 is 1.22 bits per heavy atom. The number of carbonyl (C=O) groups is 1. The van der Waals surface area contributed by atoms with Gasteiger partial charge >= 0.3 is 0 Å². The first-order valence-corrected chi connectivity index (χ1v) is 9.91. The second kappa shape index (κ2) is 9.13. The Morgan fingerprint density at radius 2 is 2.04 bits per heavy atom. The summed E-state index contributed by atoms with van der Waals surface area (Å²) >= 11 is 7.69. The topological polar surface area (TPSA) is 45.2 Å². The SMILES string of the molecule is Cc1cccc(Cc2cnc(NC(=O)CN(C)Cc3ccccc3Cl)s2)c1. The lowest BCUT2D eigenvalue weighted by Gasteiger charge is -2.16. The summed E-state index contributed by atoms with van der Waals surface area (Å²) in [4.78, 5) is 19.7. The predicted octanol–water partition coefficient (Wildman–Crippen LogP) is 4.77. The number of benzene rings is 2. The number of halogens is 1. The number of rotatable bonds is 7. The molecule has 3 rings (SSSR count). The summed E-state index contributed by atoms with van der Waals surface area (Å²) in [7, 11) is 1.90. The molecule has 1 N–H and O–H groups in total. The van der Waals surface area contributed by atoms with E-state index in [1.165, 1.54) is 22.5 Å². The van der Waals surface area contributed by atoms with E-state index < -0.39 is 0 Å². The molecule has 0 bridgehead atoms. The zero-order chi connectivity index (χ0) is 19.2. The van der Waals surface area contributed by atoms with Gasteiger partial charge < -0.3 is 5.32 Å². The van der Waals surface area contributed by atoms with Crippen molar-refractivity contribution in [3.63, 3.8) is 0 Å². The molecule has 1 heterocycles. The fourth-order valence-corrected chi connectivity index (χ4v) is 3.91. The lowest BCUT2D eigenvalue weighted by Crippen LogP contribution is -2.29. The van der Waals surface area contributed by atoms with Gasteiger partial charge in [0.1, 0.15) is 0 Å². The van der Waals surface area contributed by atoms with E-state index in [9.17, 15) is 4.79 Å². The average molecular weight is 400 g/mol. The maximum Gasteiger partial charge on any atom is 0.240 e. The molecule has 3 aromatic rings. The quantitative estimate of drug-likeness (QED) is 0.622. The molecule has 1 amide bonds. The molecule has 0 aliphatic carbocycles. The zero-order valence-corrected chi connectivity index (χ0v) is 17.0. The van der Waals surface area contributed by atoms with Crippen molar-refractivity contribution < 1.29 is 4.79 Å². The minimum absolute atomic E-state index is 0.0824. The molecule has 0 atom stereocenters. The molecular weight excluding hydrogens is 378 g/mol. The van der Waals surface area contributed by atoms with Crippen molar-refractivity contribution in [3.8, 4) is 0 Å². The minimum Gasteiger partial charge on any atom is -0.301 e. The largest absolute Gasteiger partial charge is 0.301 e. The van der Waals surface area contributed by atoms with Crippen LogP contribution in [0.5, 0.6) is 0 Å². The van der Waals surface area contributed by atoms with Gasteiger partial charge in [-0.15, -0.1) is 11.3 Å². The number of nitrogens with zero attached hydrogens (tertiary/aromatic N) is 2. The molecule has 2 aromatic carbocycles. The van der Waals surface area contributed by atoms with Crippen LogP contribution in [0.25, 0.3) is 0 Å². The van der Waals surface area contributed by atoms with Gasteiger partial charge in [0.15, 0.2) is 5.13 Å². The molecule has 0 saturated carbocycles. The van der Waals surface area contributed by atoms with Crippen LogP contribution in [0, 0.1) is 6.92 Å². The first-order chi connectivity index (χ1) is 13.0. The second-order valence-electron chi connectivity index (χ2n) is 6.61. The smallest absolute Gasteiger partial charge is 0.240 e. The highest BCUT2D eigenvalue weighted by Gasteiger charge is 2.11. The van der Waals surface area contributed by atoms with Gasteiger partial charge in [-0.25, -0.2) is 4.98 Å². The summed E-state index contributed by atoms with van der Waals surface area (Å²) in [5, 5.41) is 4.23. The zero-order valence-electron chi connectivity index (χ0n) is 15.4. The van der Waals surface area contributed by atoms with Crippen LogP contribution in [-0.4, -0.2) is 29.4 Å². The van der Waals surface area contributed by atoms with E-state index in [2.05, 4.69) is 41.5 Å². The number of aryl methyl sites for hydroxylation is 1. The van der Waals surface area contributed by atoms with Crippen molar-refractivity contribution in [2.24, 2.45) is 0 Å². The number of likely N-dealkylation sites (N-methyl/N-ethyl adjacent to an activating group) is 1. The van der Waals surface area contributed by atoms with Crippen LogP contribution in [-0.2, 0) is 17.8 Å². The summed E-state index contributed by atoms with van der Waals surface area (Å²) in [5.74, 6) is -0.0824. The molecule has 140 valence electrons. The van der Waals surface area contributed by atoms with Crippen molar-refractivity contribution in [1.29, 1.82) is 0 Å². The third-order valence-corrected chi connectivity index (χ3v) is 5.35. The Balaban J connectivity index is 1.52. The highest BCUT2D eigenvalue weighted by molar-refractivity contribution is 7.15. The van der Waals surface area contributed by atoms with Gasteiger partial charge in [0.05, 0.1) is 6.54 Å². The summed E-state index contributed by atoms with van der Waals surface area (Å²) < 4.78 is 0. The monoisotopic (exact) mass is 399 g/mol. The van der Waals surface area contributed by atoms with E-state index in [-0.39, 0.29) is 12.5 Å². The molecule has 6 heteroatoms. The van der Waals surface area contributed by atoms with Crippen LogP contribution in [0.4, 0.5) is 5.13 Å². The predicted molar refractivity (Wildman–Crippen MR) is 113 cm³/mol. The maximum absolute atomic E-state index is 12.3. The Hall–Kier alpha value is -2.21. The highest BCUT2D eigenvalue weighted by atomic mass is 35.5. The number of carbonyl (C=O) groups excluding carboxylic acids is 1. The van der Waals surface area contributed by atoms with Crippen LogP contribution in [0.3, 0.4) is 0 Å². The van der Waals surface area contributed by atoms with Gasteiger partial charge in [0.25, 0.3) is 0 Å². The molecule has 0 aliphatic rings. The Labute approximate surface area is 168 Å². The highest BCUT2D eigenvalue weighted by Crippen LogP contribution is 2.22. The number of hydrogen-bond donors (Lipinski definition) is 1. The van der Waals surface area contributed by atoms with E-state index >= 15 is 0 Å². The Morgan fingerprint density at radius 3 is 2.81 bits per heavy atom.